The van der Waals surface area contributed by atoms with Crippen molar-refractivity contribution in [1.29, 1.82) is 0 Å². The molecule has 24 heavy (non-hydrogen) atoms. The Morgan fingerprint density at radius 3 is 2.25 bits per heavy atom. The molecule has 0 radical (unpaired) electrons. The summed E-state index contributed by atoms with van der Waals surface area (Å²) in [5, 5.41) is 3.96. The van der Waals surface area contributed by atoms with Crippen LogP contribution >= 0.6 is 15.9 Å². The van der Waals surface area contributed by atoms with E-state index >= 15 is 0 Å². The highest BCUT2D eigenvalue weighted by Gasteiger charge is 2.16. The number of hydrazone groups is 1. The molecule has 1 amide bonds. The summed E-state index contributed by atoms with van der Waals surface area (Å²) >= 11 is 3.41. The summed E-state index contributed by atoms with van der Waals surface area (Å²) in [6.45, 7) is 0. The fourth-order valence-corrected chi connectivity index (χ4v) is 2.40. The zero-order chi connectivity index (χ0) is 17.5. The number of hydrogen-bond donors (Lipinski definition) is 1. The minimum atomic E-state index is -0.391. The molecule has 7 heteroatoms. The van der Waals surface area contributed by atoms with E-state index in [1.165, 1.54) is 21.3 Å². The molecule has 0 fully saturated rings. The Labute approximate surface area is 148 Å². The molecule has 2 rings (SSSR count). The SMILES string of the molecule is COc1cc(C(=O)NN=Cc2ccccc2Br)cc(OC)c1OC. The molecule has 0 aliphatic carbocycles. The largest absolute Gasteiger partial charge is 0.493 e. The predicted molar refractivity (Wildman–Crippen MR) is 95.3 cm³/mol. The van der Waals surface area contributed by atoms with Crippen molar-refractivity contribution < 1.29 is 19.0 Å². The molecule has 0 spiro atoms. The normalized spacial score (nSPS) is 10.5. The van der Waals surface area contributed by atoms with Gasteiger partial charge in [0, 0.05) is 15.6 Å². The third-order valence-electron chi connectivity index (χ3n) is 3.20. The number of nitrogens with one attached hydrogen (secondary N) is 1. The van der Waals surface area contributed by atoms with Crippen molar-refractivity contribution >= 4 is 28.1 Å². The molecule has 0 unspecified atom stereocenters. The Kier molecular flexibility index (Phi) is 6.20. The van der Waals surface area contributed by atoms with E-state index in [0.29, 0.717) is 22.8 Å². The van der Waals surface area contributed by atoms with Crippen molar-refractivity contribution in [3.63, 3.8) is 0 Å². The van der Waals surface area contributed by atoms with Gasteiger partial charge in [-0.25, -0.2) is 5.43 Å². The van der Waals surface area contributed by atoms with Crippen LogP contribution in [0.5, 0.6) is 17.2 Å². The van der Waals surface area contributed by atoms with E-state index in [1.54, 1.807) is 18.3 Å². The maximum atomic E-state index is 12.3. The summed E-state index contributed by atoms with van der Waals surface area (Å²) in [6.07, 6.45) is 1.56. The summed E-state index contributed by atoms with van der Waals surface area (Å²) in [5.41, 5.74) is 3.66. The highest BCUT2D eigenvalue weighted by atomic mass is 79.9. The van der Waals surface area contributed by atoms with Gasteiger partial charge in [0.2, 0.25) is 5.75 Å². The number of carbonyl (C=O) groups excluding carboxylic acids is 1. The molecular weight excluding hydrogens is 376 g/mol. The highest BCUT2D eigenvalue weighted by Crippen LogP contribution is 2.38. The Morgan fingerprint density at radius 2 is 1.71 bits per heavy atom. The molecule has 0 heterocycles. The smallest absolute Gasteiger partial charge is 0.271 e. The van der Waals surface area contributed by atoms with Crippen LogP contribution in [0.1, 0.15) is 15.9 Å². The molecule has 6 nitrogen and oxygen atoms in total. The van der Waals surface area contributed by atoms with Crippen molar-refractivity contribution in [1.82, 2.24) is 5.43 Å². The fourth-order valence-electron chi connectivity index (χ4n) is 2.02. The van der Waals surface area contributed by atoms with Crippen LogP contribution in [0.2, 0.25) is 0 Å². The van der Waals surface area contributed by atoms with E-state index in [9.17, 15) is 4.79 Å². The molecule has 1 N–H and O–H groups in total. The molecule has 0 aliphatic rings. The molecular formula is C17H17BrN2O4. The van der Waals surface area contributed by atoms with Gasteiger partial charge < -0.3 is 14.2 Å². The van der Waals surface area contributed by atoms with E-state index in [1.807, 2.05) is 24.3 Å². The standard InChI is InChI=1S/C17H17BrN2O4/c1-22-14-8-12(9-15(23-2)16(14)24-3)17(21)20-19-10-11-6-4-5-7-13(11)18/h4-10H,1-3H3,(H,20,21). The van der Waals surface area contributed by atoms with Crippen LogP contribution < -0.4 is 19.6 Å². The molecule has 0 aromatic heterocycles. The van der Waals surface area contributed by atoms with Gasteiger partial charge in [0.15, 0.2) is 11.5 Å². The van der Waals surface area contributed by atoms with Crippen molar-refractivity contribution in [3.05, 3.63) is 52.0 Å². The van der Waals surface area contributed by atoms with Gasteiger partial charge in [0.1, 0.15) is 0 Å². The molecule has 2 aromatic carbocycles. The molecule has 0 atom stereocenters. The zero-order valence-corrected chi connectivity index (χ0v) is 15.1. The molecule has 0 bridgehead atoms. The third-order valence-corrected chi connectivity index (χ3v) is 3.92. The second kappa shape index (κ2) is 8.35. The van der Waals surface area contributed by atoms with Crippen molar-refractivity contribution in [2.45, 2.75) is 0 Å². The van der Waals surface area contributed by atoms with Gasteiger partial charge in [-0.3, -0.25) is 4.79 Å². The Bertz CT molecular complexity index is 737. The minimum absolute atomic E-state index is 0.341. The maximum absolute atomic E-state index is 12.3. The summed E-state index contributed by atoms with van der Waals surface area (Å²) in [6, 6.07) is 10.7. The summed E-state index contributed by atoms with van der Waals surface area (Å²) in [4.78, 5) is 12.3. The lowest BCUT2D eigenvalue weighted by Gasteiger charge is -2.13. The first-order valence-corrected chi connectivity index (χ1v) is 7.78. The zero-order valence-electron chi connectivity index (χ0n) is 13.5. The number of methoxy groups -OCH3 is 3. The second-order valence-electron chi connectivity index (χ2n) is 4.63. The average molecular weight is 393 g/mol. The topological polar surface area (TPSA) is 69.2 Å². The lowest BCUT2D eigenvalue weighted by Crippen LogP contribution is -2.18. The number of benzene rings is 2. The first kappa shape index (κ1) is 17.8. The first-order chi connectivity index (χ1) is 11.6. The Hall–Kier alpha value is -2.54. The van der Waals surface area contributed by atoms with Crippen molar-refractivity contribution in [3.8, 4) is 17.2 Å². The molecule has 0 saturated carbocycles. The van der Waals surface area contributed by atoms with Crippen LogP contribution in [0.4, 0.5) is 0 Å². The van der Waals surface area contributed by atoms with Crippen LogP contribution in [0.3, 0.4) is 0 Å². The number of rotatable bonds is 6. The van der Waals surface area contributed by atoms with E-state index in [2.05, 4.69) is 26.5 Å². The molecule has 2 aromatic rings. The van der Waals surface area contributed by atoms with Crippen molar-refractivity contribution in [2.24, 2.45) is 5.10 Å². The Balaban J connectivity index is 2.19. The predicted octanol–water partition coefficient (Wildman–Crippen LogP) is 3.24. The molecule has 0 saturated heterocycles. The lowest BCUT2D eigenvalue weighted by molar-refractivity contribution is 0.0954. The van der Waals surface area contributed by atoms with E-state index in [-0.39, 0.29) is 0 Å². The number of hydrogen-bond acceptors (Lipinski definition) is 5. The number of carbonyl (C=O) groups is 1. The first-order valence-electron chi connectivity index (χ1n) is 6.98. The summed E-state index contributed by atoms with van der Waals surface area (Å²) in [5.74, 6) is 0.833. The van der Waals surface area contributed by atoms with Gasteiger partial charge in [-0.05, 0) is 18.2 Å². The third kappa shape index (κ3) is 4.05. The number of nitrogens with zero attached hydrogens (tertiary/aromatic N) is 1. The molecule has 0 aliphatic heterocycles. The molecule has 126 valence electrons. The maximum Gasteiger partial charge on any atom is 0.271 e. The number of ether oxygens (including phenoxy) is 3. The van der Waals surface area contributed by atoms with Gasteiger partial charge in [0.25, 0.3) is 5.91 Å². The van der Waals surface area contributed by atoms with Gasteiger partial charge in [0.05, 0.1) is 27.5 Å². The van der Waals surface area contributed by atoms with E-state index in [4.69, 9.17) is 14.2 Å². The number of amides is 1. The second-order valence-corrected chi connectivity index (χ2v) is 5.49. The lowest BCUT2D eigenvalue weighted by atomic mass is 10.1. The van der Waals surface area contributed by atoms with Crippen LogP contribution in [-0.4, -0.2) is 33.5 Å². The van der Waals surface area contributed by atoms with E-state index < -0.39 is 5.91 Å². The monoisotopic (exact) mass is 392 g/mol. The Morgan fingerprint density at radius 1 is 1.08 bits per heavy atom. The van der Waals surface area contributed by atoms with Crippen molar-refractivity contribution in [2.75, 3.05) is 21.3 Å². The van der Waals surface area contributed by atoms with Crippen LogP contribution in [0.25, 0.3) is 0 Å². The van der Waals surface area contributed by atoms with Gasteiger partial charge in [-0.1, -0.05) is 34.1 Å². The van der Waals surface area contributed by atoms with Gasteiger partial charge in [-0.15, -0.1) is 0 Å². The number of halogens is 1. The fraction of sp³-hybridized carbons (Fsp3) is 0.176. The van der Waals surface area contributed by atoms with Crippen LogP contribution in [-0.2, 0) is 0 Å². The highest BCUT2D eigenvalue weighted by molar-refractivity contribution is 9.10. The quantitative estimate of drug-likeness (QED) is 0.605. The van der Waals surface area contributed by atoms with Crippen LogP contribution in [0.15, 0.2) is 46.0 Å². The van der Waals surface area contributed by atoms with Gasteiger partial charge >= 0.3 is 0 Å². The van der Waals surface area contributed by atoms with E-state index in [0.717, 1.165) is 10.0 Å². The van der Waals surface area contributed by atoms with Gasteiger partial charge in [-0.2, -0.15) is 5.10 Å². The summed E-state index contributed by atoms with van der Waals surface area (Å²) in [7, 11) is 4.48. The average Bonchev–Trinajstić information content (AvgIpc) is 2.61. The minimum Gasteiger partial charge on any atom is -0.493 e. The van der Waals surface area contributed by atoms with Crippen LogP contribution in [0, 0.1) is 0 Å². The summed E-state index contributed by atoms with van der Waals surface area (Å²) < 4.78 is 16.6.